The van der Waals surface area contributed by atoms with Gasteiger partial charge in [-0.1, -0.05) is 0 Å². The lowest BCUT2D eigenvalue weighted by Crippen LogP contribution is -2.33. The number of halogens is 2. The van der Waals surface area contributed by atoms with Crippen LogP contribution >= 0.6 is 6.72 Å². The van der Waals surface area contributed by atoms with Gasteiger partial charge in [-0.3, -0.25) is 18.5 Å². The normalized spacial score (nSPS) is 29.5. The maximum Gasteiger partial charge on any atom is 0.327 e. The molecule has 4 aromatic rings. The molecule has 0 radical (unpaired) electrons. The SMILES string of the molecule is CC1OCC[C@@H](F)[C@H](O[C@H](C)n2cnc3c(N)ncnc32)COP(O)(=S)O[C@H](F)[C@H](n2cnc3c(=O)[nH]ccc32)O1. The number of aromatic nitrogens is 7. The number of anilines is 1. The molecule has 2 unspecified atom stereocenters. The Balaban J connectivity index is 1.37. The maximum absolute atomic E-state index is 15.6. The van der Waals surface area contributed by atoms with Gasteiger partial charge in [0.15, 0.2) is 29.5 Å². The van der Waals surface area contributed by atoms with E-state index in [1.807, 2.05) is 0 Å². The second-order valence-corrected chi connectivity index (χ2v) is 11.8. The van der Waals surface area contributed by atoms with Crippen molar-refractivity contribution in [3.05, 3.63) is 41.6 Å². The first kappa shape index (κ1) is 29.5. The number of nitrogens with two attached hydrogens (primary N) is 1. The van der Waals surface area contributed by atoms with E-state index >= 15 is 8.78 Å². The van der Waals surface area contributed by atoms with Crippen molar-refractivity contribution >= 4 is 46.5 Å². The van der Waals surface area contributed by atoms with Crippen LogP contribution in [0, 0.1) is 0 Å². The number of hydrogen-bond acceptors (Lipinski definition) is 12. The molecule has 0 bridgehead atoms. The smallest absolute Gasteiger partial charge is 0.327 e. The van der Waals surface area contributed by atoms with E-state index < -0.39 is 56.3 Å². The molecule has 4 aromatic heterocycles. The first-order valence-corrected chi connectivity index (χ1v) is 15.0. The Kier molecular flexibility index (Phi) is 8.72. The second kappa shape index (κ2) is 12.1. The number of ether oxygens (including phenoxy) is 3. The van der Waals surface area contributed by atoms with Gasteiger partial charge >= 0.3 is 6.72 Å². The first-order valence-electron chi connectivity index (χ1n) is 12.4. The van der Waals surface area contributed by atoms with Gasteiger partial charge in [0.1, 0.15) is 30.3 Å². The van der Waals surface area contributed by atoms with Crippen LogP contribution in [-0.2, 0) is 35.1 Å². The molecule has 0 saturated carbocycles. The largest absolute Gasteiger partial charge is 0.382 e. The van der Waals surface area contributed by atoms with E-state index in [0.717, 1.165) is 0 Å². The highest BCUT2D eigenvalue weighted by atomic mass is 32.5. The average Bonchev–Trinajstić information content (AvgIpc) is 3.55. The Bertz CT molecular complexity index is 1620. The molecule has 1 aliphatic rings. The van der Waals surface area contributed by atoms with Crippen molar-refractivity contribution in [1.82, 2.24) is 34.1 Å². The van der Waals surface area contributed by atoms with E-state index in [9.17, 15) is 9.69 Å². The number of alkyl halides is 2. The fraction of sp³-hybridized carbons (Fsp3) is 0.500. The molecule has 5 rings (SSSR count). The van der Waals surface area contributed by atoms with Crippen molar-refractivity contribution in [3.63, 3.8) is 0 Å². The Morgan fingerprint density at radius 3 is 2.85 bits per heavy atom. The third-order valence-electron chi connectivity index (χ3n) is 6.27. The van der Waals surface area contributed by atoms with Crippen LogP contribution in [0.3, 0.4) is 0 Å². The highest BCUT2D eigenvalue weighted by Crippen LogP contribution is 2.48. The lowest BCUT2D eigenvalue weighted by molar-refractivity contribution is -0.224. The summed E-state index contributed by atoms with van der Waals surface area (Å²) in [5.41, 5.74) is 6.28. The van der Waals surface area contributed by atoms with E-state index in [-0.39, 0.29) is 29.9 Å². The Morgan fingerprint density at radius 1 is 1.27 bits per heavy atom. The van der Waals surface area contributed by atoms with Gasteiger partial charge in [-0.15, -0.1) is 0 Å². The van der Waals surface area contributed by atoms with Crippen LogP contribution in [0.25, 0.3) is 22.2 Å². The molecule has 0 aliphatic carbocycles. The van der Waals surface area contributed by atoms with Crippen LogP contribution in [0.1, 0.15) is 32.7 Å². The van der Waals surface area contributed by atoms with Crippen LogP contribution in [0.5, 0.6) is 0 Å². The third-order valence-corrected chi connectivity index (χ3v) is 7.79. The quantitative estimate of drug-likeness (QED) is 0.284. The van der Waals surface area contributed by atoms with E-state index in [1.54, 1.807) is 6.92 Å². The highest BCUT2D eigenvalue weighted by Gasteiger charge is 2.36. The monoisotopic (exact) mass is 616 g/mol. The molecule has 1 saturated heterocycles. The summed E-state index contributed by atoms with van der Waals surface area (Å²) in [5.74, 6) is 0.163. The van der Waals surface area contributed by atoms with Crippen molar-refractivity contribution in [3.8, 4) is 0 Å². The topological polar surface area (TPSA) is 187 Å². The summed E-state index contributed by atoms with van der Waals surface area (Å²) in [4.78, 5) is 41.5. The van der Waals surface area contributed by atoms with Gasteiger partial charge in [0.25, 0.3) is 11.9 Å². The molecule has 15 nitrogen and oxygen atoms in total. The number of nitrogens with one attached hydrogen (secondary N) is 1. The fourth-order valence-corrected chi connectivity index (χ4v) is 5.44. The molecule has 41 heavy (non-hydrogen) atoms. The lowest BCUT2D eigenvalue weighted by atomic mass is 10.2. The molecule has 4 N–H and O–H groups in total. The first-order chi connectivity index (χ1) is 19.5. The van der Waals surface area contributed by atoms with Crippen molar-refractivity contribution < 1.29 is 36.9 Å². The summed E-state index contributed by atoms with van der Waals surface area (Å²) in [6, 6.07) is 1.48. The maximum atomic E-state index is 15.6. The third kappa shape index (κ3) is 6.44. The predicted octanol–water partition coefficient (Wildman–Crippen LogP) is 2.22. The number of nitrogen functional groups attached to an aromatic ring is 1. The van der Waals surface area contributed by atoms with Gasteiger partial charge in [0.2, 0.25) is 0 Å². The van der Waals surface area contributed by atoms with Gasteiger partial charge < -0.3 is 34.3 Å². The number of imidazole rings is 2. The predicted molar refractivity (Wildman–Crippen MR) is 143 cm³/mol. The molecule has 0 aromatic carbocycles. The molecule has 0 spiro atoms. The zero-order chi connectivity index (χ0) is 29.3. The zero-order valence-corrected chi connectivity index (χ0v) is 23.5. The van der Waals surface area contributed by atoms with Gasteiger partial charge in [0, 0.05) is 12.6 Å². The summed E-state index contributed by atoms with van der Waals surface area (Å²) in [7, 11) is 0. The van der Waals surface area contributed by atoms with Crippen molar-refractivity contribution in [1.29, 1.82) is 0 Å². The fourth-order valence-electron chi connectivity index (χ4n) is 4.26. The molecule has 1 fully saturated rings. The second-order valence-electron chi connectivity index (χ2n) is 9.04. The molecule has 5 heterocycles. The van der Waals surface area contributed by atoms with Crippen LogP contribution in [0.4, 0.5) is 14.6 Å². The van der Waals surface area contributed by atoms with E-state index in [0.29, 0.717) is 11.2 Å². The summed E-state index contributed by atoms with van der Waals surface area (Å²) in [6.07, 6.45) is -3.85. The van der Waals surface area contributed by atoms with Crippen LogP contribution in [0.2, 0.25) is 0 Å². The number of H-pyrrole nitrogens is 1. The standard InChI is InChI=1S/C22H27F2N8O7PS/c1-11(31-9-30-17-19(25)27-8-28-20(17)31)37-15-7-36-40(34,41)39-18(24)22(38-12(2)35-6-4-13(15)23)32-10-29-16-14(32)3-5-26-21(16)33/h3,5,8-13,15,18,22H,4,6-7H2,1-2H3,(H,26,33)(H,34,41)(H2,25,27,28)/t11-,12?,13-,15-,18+,22-,40?/m1/s1. The molecule has 222 valence electrons. The van der Waals surface area contributed by atoms with Crippen LogP contribution < -0.4 is 11.3 Å². The number of aromatic amines is 1. The van der Waals surface area contributed by atoms with Crippen LogP contribution in [-0.4, -0.2) is 77.1 Å². The number of nitrogens with zero attached hydrogens (tertiary/aromatic N) is 6. The molecule has 0 amide bonds. The Labute approximate surface area is 235 Å². The average molecular weight is 617 g/mol. The Morgan fingerprint density at radius 2 is 2.05 bits per heavy atom. The highest BCUT2D eigenvalue weighted by molar-refractivity contribution is 8.07. The zero-order valence-electron chi connectivity index (χ0n) is 21.7. The summed E-state index contributed by atoms with van der Waals surface area (Å²) >= 11 is 5.02. The number of pyridine rings is 1. The van der Waals surface area contributed by atoms with Gasteiger partial charge in [-0.25, -0.2) is 28.7 Å². The molecule has 19 heteroatoms. The van der Waals surface area contributed by atoms with Crippen LogP contribution in [0.15, 0.2) is 36.0 Å². The van der Waals surface area contributed by atoms with E-state index in [4.69, 9.17) is 40.8 Å². The van der Waals surface area contributed by atoms with Gasteiger partial charge in [-0.05, 0) is 31.7 Å². The number of fused-ring (bicyclic) bond motifs is 2. The molecule has 7 atom stereocenters. The number of hydrogen-bond donors (Lipinski definition) is 3. The van der Waals surface area contributed by atoms with Gasteiger partial charge in [0.05, 0.1) is 31.4 Å². The summed E-state index contributed by atoms with van der Waals surface area (Å²) in [6.45, 7) is -1.95. The minimum Gasteiger partial charge on any atom is -0.382 e. The summed E-state index contributed by atoms with van der Waals surface area (Å²) in [5, 5.41) is 0. The lowest BCUT2D eigenvalue weighted by Gasteiger charge is -2.28. The number of rotatable bonds is 4. The van der Waals surface area contributed by atoms with Crippen molar-refractivity contribution in [2.45, 2.75) is 57.6 Å². The van der Waals surface area contributed by atoms with Gasteiger partial charge in [-0.2, -0.15) is 0 Å². The molecular weight excluding hydrogens is 589 g/mol. The molecule has 1 aliphatic heterocycles. The minimum absolute atomic E-state index is 0.0219. The van der Waals surface area contributed by atoms with E-state index in [1.165, 1.54) is 47.3 Å². The Hall–Kier alpha value is -2.96. The summed E-state index contributed by atoms with van der Waals surface area (Å²) < 4.78 is 61.4. The molecular formula is C22H27F2N8O7PS. The van der Waals surface area contributed by atoms with E-state index in [2.05, 4.69) is 24.9 Å². The van der Waals surface area contributed by atoms with Crippen molar-refractivity contribution in [2.24, 2.45) is 0 Å². The minimum atomic E-state index is -4.32. The van der Waals surface area contributed by atoms with Crippen molar-refractivity contribution in [2.75, 3.05) is 18.9 Å².